The molecule has 0 radical (unpaired) electrons. The predicted molar refractivity (Wildman–Crippen MR) is 65.0 cm³/mol. The zero-order valence-electron chi connectivity index (χ0n) is 8.43. The van der Waals surface area contributed by atoms with Gasteiger partial charge >= 0.3 is 0 Å². The molecule has 1 fully saturated rings. The Kier molecular flexibility index (Phi) is 4.13. The van der Waals surface area contributed by atoms with Crippen LogP contribution in [-0.2, 0) is 0 Å². The highest BCUT2D eigenvalue weighted by atomic mass is 35.5. The van der Waals surface area contributed by atoms with E-state index in [4.69, 9.17) is 17.3 Å². The second-order valence-corrected chi connectivity index (χ2v) is 4.23. The van der Waals surface area contributed by atoms with E-state index >= 15 is 0 Å². The molecule has 1 saturated carbocycles. The maximum absolute atomic E-state index is 10.6. The minimum atomic E-state index is -0.431. The molecule has 0 bridgehead atoms. The Hall–Kier alpha value is -0.840. The molecule has 0 spiro atoms. The molecule has 0 amide bonds. The normalized spacial score (nSPS) is 16.4. The topological polar surface area (TPSA) is 69.2 Å². The van der Waals surface area contributed by atoms with Gasteiger partial charge in [-0.25, -0.2) is 0 Å². The van der Waals surface area contributed by atoms with Crippen molar-refractivity contribution in [2.45, 2.75) is 18.9 Å². The molecule has 16 heavy (non-hydrogen) atoms. The first-order valence-electron chi connectivity index (χ1n) is 4.79. The van der Waals surface area contributed by atoms with E-state index in [0.717, 1.165) is 12.8 Å². The highest BCUT2D eigenvalue weighted by molar-refractivity contribution is 6.31. The van der Waals surface area contributed by atoms with Crippen molar-refractivity contribution in [1.29, 1.82) is 0 Å². The van der Waals surface area contributed by atoms with E-state index in [9.17, 15) is 10.1 Å². The zero-order chi connectivity index (χ0) is 11.0. The molecular weight excluding hydrogens is 251 g/mol. The van der Waals surface area contributed by atoms with Crippen molar-refractivity contribution in [2.75, 3.05) is 0 Å². The number of halogens is 2. The van der Waals surface area contributed by atoms with Gasteiger partial charge in [0.15, 0.2) is 0 Å². The summed E-state index contributed by atoms with van der Waals surface area (Å²) in [6.07, 6.45) is 2.17. The van der Waals surface area contributed by atoms with E-state index in [1.807, 2.05) is 0 Å². The Bertz CT molecular complexity index is 408. The van der Waals surface area contributed by atoms with Gasteiger partial charge in [-0.15, -0.1) is 12.4 Å². The molecule has 6 heteroatoms. The summed E-state index contributed by atoms with van der Waals surface area (Å²) in [7, 11) is 0. The van der Waals surface area contributed by atoms with Crippen molar-refractivity contribution in [2.24, 2.45) is 11.7 Å². The molecule has 1 aliphatic rings. The first-order chi connectivity index (χ1) is 7.09. The highest BCUT2D eigenvalue weighted by Crippen LogP contribution is 2.42. The number of nitrogens with two attached hydrogens (primary N) is 1. The standard InChI is InChI=1S/C10H11ClN2O2.ClH/c11-9-4-3-7(13(14)15)5-8(9)10(12)6-1-2-6;/h3-6,10H,1-2,12H2;1H/t10-;/m0./s1. The highest BCUT2D eigenvalue weighted by Gasteiger charge is 2.31. The number of hydrogen-bond donors (Lipinski definition) is 1. The fourth-order valence-corrected chi connectivity index (χ4v) is 1.85. The monoisotopic (exact) mass is 262 g/mol. The van der Waals surface area contributed by atoms with Crippen LogP contribution in [0.5, 0.6) is 0 Å². The maximum Gasteiger partial charge on any atom is 0.269 e. The molecule has 1 atom stereocenters. The van der Waals surface area contributed by atoms with Crippen LogP contribution in [0.15, 0.2) is 18.2 Å². The van der Waals surface area contributed by atoms with Gasteiger partial charge in [0.2, 0.25) is 0 Å². The lowest BCUT2D eigenvalue weighted by molar-refractivity contribution is -0.384. The number of nitro benzene ring substituents is 1. The fourth-order valence-electron chi connectivity index (χ4n) is 1.61. The predicted octanol–water partition coefficient (Wildman–Crippen LogP) is 3.08. The van der Waals surface area contributed by atoms with Gasteiger partial charge in [-0.2, -0.15) is 0 Å². The van der Waals surface area contributed by atoms with Crippen LogP contribution in [0.25, 0.3) is 0 Å². The Labute approximate surface area is 104 Å². The molecule has 1 aliphatic carbocycles. The van der Waals surface area contributed by atoms with Crippen molar-refractivity contribution >= 4 is 29.7 Å². The van der Waals surface area contributed by atoms with Gasteiger partial charge < -0.3 is 5.73 Å². The molecule has 88 valence electrons. The summed E-state index contributed by atoms with van der Waals surface area (Å²) in [6, 6.07) is 4.24. The van der Waals surface area contributed by atoms with Crippen LogP contribution < -0.4 is 5.73 Å². The van der Waals surface area contributed by atoms with Gasteiger partial charge in [-0.1, -0.05) is 11.6 Å². The van der Waals surface area contributed by atoms with Crippen LogP contribution in [0.4, 0.5) is 5.69 Å². The Morgan fingerprint density at radius 3 is 2.62 bits per heavy atom. The van der Waals surface area contributed by atoms with E-state index < -0.39 is 4.92 Å². The maximum atomic E-state index is 10.6. The van der Waals surface area contributed by atoms with E-state index in [1.165, 1.54) is 18.2 Å². The average molecular weight is 263 g/mol. The summed E-state index contributed by atoms with van der Waals surface area (Å²) in [6.45, 7) is 0. The number of benzene rings is 1. The first kappa shape index (κ1) is 13.2. The van der Waals surface area contributed by atoms with Gasteiger partial charge in [0.05, 0.1) is 4.92 Å². The molecule has 0 aliphatic heterocycles. The lowest BCUT2D eigenvalue weighted by atomic mass is 10.0. The van der Waals surface area contributed by atoms with Crippen molar-refractivity contribution in [3.63, 3.8) is 0 Å². The smallest absolute Gasteiger partial charge is 0.269 e. The molecule has 0 unspecified atom stereocenters. The molecular formula is C10H12Cl2N2O2. The molecule has 0 aromatic heterocycles. The van der Waals surface area contributed by atoms with Gasteiger partial charge in [0.25, 0.3) is 5.69 Å². The Morgan fingerprint density at radius 1 is 1.50 bits per heavy atom. The third-order valence-electron chi connectivity index (χ3n) is 2.68. The third kappa shape index (κ3) is 2.64. The van der Waals surface area contributed by atoms with E-state index in [0.29, 0.717) is 16.5 Å². The van der Waals surface area contributed by atoms with Crippen molar-refractivity contribution in [1.82, 2.24) is 0 Å². The molecule has 0 heterocycles. The molecule has 1 aromatic carbocycles. The lowest BCUT2D eigenvalue weighted by Gasteiger charge is -2.11. The van der Waals surface area contributed by atoms with E-state index in [2.05, 4.69) is 0 Å². The first-order valence-corrected chi connectivity index (χ1v) is 5.17. The molecule has 1 aromatic rings. The van der Waals surface area contributed by atoms with Gasteiger partial charge in [-0.05, 0) is 30.4 Å². The summed E-state index contributed by atoms with van der Waals surface area (Å²) < 4.78 is 0. The zero-order valence-corrected chi connectivity index (χ0v) is 10.0. The van der Waals surface area contributed by atoms with Crippen LogP contribution in [0.3, 0.4) is 0 Å². The number of nitro groups is 1. The Balaban J connectivity index is 0.00000128. The SMILES string of the molecule is Cl.N[C@H](c1cc([N+](=O)[O-])ccc1Cl)C1CC1. The van der Waals surface area contributed by atoms with Gasteiger partial charge in [0.1, 0.15) is 0 Å². The second-order valence-electron chi connectivity index (χ2n) is 3.83. The minimum Gasteiger partial charge on any atom is -0.324 e. The van der Waals surface area contributed by atoms with Crippen molar-refractivity contribution < 1.29 is 4.92 Å². The largest absolute Gasteiger partial charge is 0.324 e. The average Bonchev–Trinajstić information content (AvgIpc) is 3.00. The van der Waals surface area contributed by atoms with E-state index in [-0.39, 0.29) is 24.1 Å². The van der Waals surface area contributed by atoms with Crippen molar-refractivity contribution in [3.8, 4) is 0 Å². The number of non-ortho nitro benzene ring substituents is 1. The Morgan fingerprint density at radius 2 is 2.12 bits per heavy atom. The summed E-state index contributed by atoms with van der Waals surface area (Å²) in [5.74, 6) is 0.435. The quantitative estimate of drug-likeness (QED) is 0.673. The summed E-state index contributed by atoms with van der Waals surface area (Å²) in [5, 5.41) is 11.1. The number of hydrogen-bond acceptors (Lipinski definition) is 3. The van der Waals surface area contributed by atoms with Crippen LogP contribution in [-0.4, -0.2) is 4.92 Å². The number of nitrogens with zero attached hydrogens (tertiary/aromatic N) is 1. The van der Waals surface area contributed by atoms with Crippen LogP contribution in [0, 0.1) is 16.0 Å². The third-order valence-corrected chi connectivity index (χ3v) is 3.02. The van der Waals surface area contributed by atoms with Crippen molar-refractivity contribution in [3.05, 3.63) is 38.9 Å². The molecule has 4 nitrogen and oxygen atoms in total. The summed E-state index contributed by atoms with van der Waals surface area (Å²) in [5.41, 5.74) is 6.70. The lowest BCUT2D eigenvalue weighted by Crippen LogP contribution is -2.13. The minimum absolute atomic E-state index is 0. The molecule has 2 rings (SSSR count). The second kappa shape index (κ2) is 4.99. The number of rotatable bonds is 3. The summed E-state index contributed by atoms with van der Waals surface area (Å²) in [4.78, 5) is 10.2. The van der Waals surface area contributed by atoms with E-state index in [1.54, 1.807) is 0 Å². The van der Waals surface area contributed by atoms with Crippen LogP contribution >= 0.6 is 24.0 Å². The van der Waals surface area contributed by atoms with Crippen LogP contribution in [0.1, 0.15) is 24.4 Å². The fraction of sp³-hybridized carbons (Fsp3) is 0.400. The molecule has 0 saturated heterocycles. The van der Waals surface area contributed by atoms with Gasteiger partial charge in [-0.3, -0.25) is 10.1 Å². The van der Waals surface area contributed by atoms with Crippen LogP contribution in [0.2, 0.25) is 5.02 Å². The van der Waals surface area contributed by atoms with Gasteiger partial charge in [0, 0.05) is 23.2 Å². The summed E-state index contributed by atoms with van der Waals surface area (Å²) >= 11 is 5.97. The molecule has 2 N–H and O–H groups in total.